The van der Waals surface area contributed by atoms with Crippen LogP contribution in [0.5, 0.6) is 0 Å². The van der Waals surface area contributed by atoms with Gasteiger partial charge >= 0.3 is 6.18 Å². The molecule has 106 valence electrons. The molecule has 0 heterocycles. The fourth-order valence-corrected chi connectivity index (χ4v) is 1.78. The standard InChI is InChI=1S/C14H10ClF4N/c15-10-3-1-9(2-4-10)8-20-11-5-6-13(16)12(7-11)14(17,18)19/h1-7,20H,8H2. The van der Waals surface area contributed by atoms with Gasteiger partial charge < -0.3 is 5.32 Å². The Bertz CT molecular complexity index is 593. The molecule has 0 atom stereocenters. The van der Waals surface area contributed by atoms with E-state index in [2.05, 4.69) is 5.32 Å². The minimum Gasteiger partial charge on any atom is -0.381 e. The molecule has 2 aromatic rings. The highest BCUT2D eigenvalue weighted by Crippen LogP contribution is 2.33. The first-order chi connectivity index (χ1) is 9.36. The van der Waals surface area contributed by atoms with E-state index in [1.165, 1.54) is 6.07 Å². The van der Waals surface area contributed by atoms with Crippen molar-refractivity contribution in [1.29, 1.82) is 0 Å². The third kappa shape index (κ3) is 3.63. The Morgan fingerprint density at radius 3 is 2.25 bits per heavy atom. The SMILES string of the molecule is Fc1ccc(NCc2ccc(Cl)cc2)cc1C(F)(F)F. The Balaban J connectivity index is 2.12. The molecule has 0 aliphatic rings. The molecule has 2 rings (SSSR count). The summed E-state index contributed by atoms with van der Waals surface area (Å²) in [6.45, 7) is 0.320. The summed E-state index contributed by atoms with van der Waals surface area (Å²) < 4.78 is 50.8. The summed E-state index contributed by atoms with van der Waals surface area (Å²) in [5.41, 5.74) is -0.223. The van der Waals surface area contributed by atoms with E-state index in [0.717, 1.165) is 17.7 Å². The molecule has 1 N–H and O–H groups in total. The zero-order chi connectivity index (χ0) is 14.8. The molecular formula is C14H10ClF4N. The first-order valence-corrected chi connectivity index (χ1v) is 6.09. The molecule has 0 aliphatic heterocycles. The Hall–Kier alpha value is -1.75. The van der Waals surface area contributed by atoms with Gasteiger partial charge in [0.05, 0.1) is 5.56 Å². The minimum atomic E-state index is -4.71. The van der Waals surface area contributed by atoms with Gasteiger partial charge in [-0.05, 0) is 35.9 Å². The van der Waals surface area contributed by atoms with Crippen LogP contribution in [0, 0.1) is 5.82 Å². The molecule has 0 saturated carbocycles. The van der Waals surface area contributed by atoms with Crippen LogP contribution >= 0.6 is 11.6 Å². The number of hydrogen-bond acceptors (Lipinski definition) is 1. The monoisotopic (exact) mass is 303 g/mol. The molecule has 0 radical (unpaired) electrons. The van der Waals surface area contributed by atoms with E-state index in [4.69, 9.17) is 11.6 Å². The van der Waals surface area contributed by atoms with Crippen LogP contribution in [0.4, 0.5) is 23.2 Å². The molecule has 0 amide bonds. The number of nitrogens with one attached hydrogen (secondary N) is 1. The van der Waals surface area contributed by atoms with Gasteiger partial charge in [-0.1, -0.05) is 23.7 Å². The van der Waals surface area contributed by atoms with E-state index in [0.29, 0.717) is 11.6 Å². The van der Waals surface area contributed by atoms with E-state index in [1.54, 1.807) is 24.3 Å². The first kappa shape index (κ1) is 14.7. The van der Waals surface area contributed by atoms with Gasteiger partial charge in [-0.25, -0.2) is 4.39 Å². The van der Waals surface area contributed by atoms with E-state index in [1.807, 2.05) is 0 Å². The molecule has 1 nitrogen and oxygen atoms in total. The minimum absolute atomic E-state index is 0.202. The van der Waals surface area contributed by atoms with Crippen molar-refractivity contribution < 1.29 is 17.6 Å². The van der Waals surface area contributed by atoms with E-state index in [-0.39, 0.29) is 5.69 Å². The third-order valence-electron chi connectivity index (χ3n) is 2.68. The normalized spacial score (nSPS) is 11.4. The lowest BCUT2D eigenvalue weighted by Gasteiger charge is -2.11. The van der Waals surface area contributed by atoms with Crippen LogP contribution in [0.15, 0.2) is 42.5 Å². The molecule has 0 bridgehead atoms. The van der Waals surface area contributed by atoms with Crippen LogP contribution in [0.25, 0.3) is 0 Å². The smallest absolute Gasteiger partial charge is 0.381 e. The van der Waals surface area contributed by atoms with Crippen molar-refractivity contribution in [3.8, 4) is 0 Å². The fraction of sp³-hybridized carbons (Fsp3) is 0.143. The van der Waals surface area contributed by atoms with Gasteiger partial charge in [-0.15, -0.1) is 0 Å². The van der Waals surface area contributed by atoms with Crippen LogP contribution in [0.2, 0.25) is 5.02 Å². The Morgan fingerprint density at radius 1 is 1.00 bits per heavy atom. The van der Waals surface area contributed by atoms with Crippen LogP contribution in [-0.4, -0.2) is 0 Å². The third-order valence-corrected chi connectivity index (χ3v) is 2.93. The average Bonchev–Trinajstić information content (AvgIpc) is 2.38. The molecule has 0 spiro atoms. The van der Waals surface area contributed by atoms with Crippen molar-refractivity contribution in [2.24, 2.45) is 0 Å². The maximum absolute atomic E-state index is 13.1. The number of anilines is 1. The lowest BCUT2D eigenvalue weighted by Crippen LogP contribution is -2.09. The van der Waals surface area contributed by atoms with Crippen molar-refractivity contribution in [3.63, 3.8) is 0 Å². The summed E-state index contributed by atoms with van der Waals surface area (Å²) in [4.78, 5) is 0. The molecule has 0 fully saturated rings. The molecule has 6 heteroatoms. The molecule has 2 aromatic carbocycles. The number of alkyl halides is 3. The van der Waals surface area contributed by atoms with Gasteiger partial charge in [0.15, 0.2) is 0 Å². The highest BCUT2D eigenvalue weighted by Gasteiger charge is 2.34. The van der Waals surface area contributed by atoms with Crippen LogP contribution in [0.3, 0.4) is 0 Å². The summed E-state index contributed by atoms with van der Waals surface area (Å²) in [7, 11) is 0. The van der Waals surface area contributed by atoms with Crippen molar-refractivity contribution in [1.82, 2.24) is 0 Å². The molecule has 0 saturated heterocycles. The van der Waals surface area contributed by atoms with E-state index >= 15 is 0 Å². The predicted molar refractivity (Wildman–Crippen MR) is 70.2 cm³/mol. The van der Waals surface area contributed by atoms with Gasteiger partial charge in [-0.2, -0.15) is 13.2 Å². The number of benzene rings is 2. The van der Waals surface area contributed by atoms with Crippen molar-refractivity contribution >= 4 is 17.3 Å². The number of rotatable bonds is 3. The van der Waals surface area contributed by atoms with E-state index in [9.17, 15) is 17.6 Å². The Labute approximate surface area is 118 Å². The molecule has 20 heavy (non-hydrogen) atoms. The van der Waals surface area contributed by atoms with Gasteiger partial charge in [0, 0.05) is 17.3 Å². The Morgan fingerprint density at radius 2 is 1.65 bits per heavy atom. The van der Waals surface area contributed by atoms with Gasteiger partial charge in [0.2, 0.25) is 0 Å². The van der Waals surface area contributed by atoms with E-state index < -0.39 is 17.6 Å². The zero-order valence-corrected chi connectivity index (χ0v) is 10.9. The summed E-state index contributed by atoms with van der Waals surface area (Å²) in [6, 6.07) is 9.70. The number of halogens is 5. The maximum Gasteiger partial charge on any atom is 0.419 e. The molecular weight excluding hydrogens is 294 g/mol. The fourth-order valence-electron chi connectivity index (χ4n) is 1.66. The second-order valence-corrected chi connectivity index (χ2v) is 4.61. The van der Waals surface area contributed by atoms with Crippen molar-refractivity contribution in [3.05, 3.63) is 64.4 Å². The number of hydrogen-bond donors (Lipinski definition) is 1. The van der Waals surface area contributed by atoms with Crippen molar-refractivity contribution in [2.45, 2.75) is 12.7 Å². The van der Waals surface area contributed by atoms with Gasteiger partial charge in [-0.3, -0.25) is 0 Å². The maximum atomic E-state index is 13.1. The van der Waals surface area contributed by atoms with Crippen LogP contribution in [-0.2, 0) is 12.7 Å². The molecule has 0 unspecified atom stereocenters. The summed E-state index contributed by atoms with van der Waals surface area (Å²) >= 11 is 5.73. The highest BCUT2D eigenvalue weighted by molar-refractivity contribution is 6.30. The van der Waals surface area contributed by atoms with Crippen molar-refractivity contribution in [2.75, 3.05) is 5.32 Å². The second kappa shape index (κ2) is 5.71. The second-order valence-electron chi connectivity index (χ2n) is 4.17. The highest BCUT2D eigenvalue weighted by atomic mass is 35.5. The lowest BCUT2D eigenvalue weighted by molar-refractivity contribution is -0.139. The van der Waals surface area contributed by atoms with Gasteiger partial charge in [0.25, 0.3) is 0 Å². The topological polar surface area (TPSA) is 12.0 Å². The lowest BCUT2D eigenvalue weighted by atomic mass is 10.1. The van der Waals surface area contributed by atoms with Crippen LogP contribution in [0.1, 0.15) is 11.1 Å². The zero-order valence-electron chi connectivity index (χ0n) is 10.1. The summed E-state index contributed by atoms with van der Waals surface area (Å²) in [5, 5.41) is 3.39. The van der Waals surface area contributed by atoms with Gasteiger partial charge in [0.1, 0.15) is 5.82 Å². The summed E-state index contributed by atoms with van der Waals surface area (Å²) in [6.07, 6.45) is -4.71. The van der Waals surface area contributed by atoms with Crippen LogP contribution < -0.4 is 5.32 Å². The predicted octanol–water partition coefficient (Wildman–Crippen LogP) is 5.11. The summed E-state index contributed by atoms with van der Waals surface area (Å²) in [5.74, 6) is -1.28. The quantitative estimate of drug-likeness (QED) is 0.777. The molecule has 0 aromatic heterocycles. The average molecular weight is 304 g/mol. The largest absolute Gasteiger partial charge is 0.419 e. The Kier molecular flexibility index (Phi) is 4.18. The first-order valence-electron chi connectivity index (χ1n) is 5.71. The molecule has 0 aliphatic carbocycles.